The van der Waals surface area contributed by atoms with Gasteiger partial charge >= 0.3 is 0 Å². The average Bonchev–Trinajstić information content (AvgIpc) is 3.08. The van der Waals surface area contributed by atoms with Gasteiger partial charge in [0.05, 0.1) is 0 Å². The minimum Gasteiger partial charge on any atom is -0.316 e. The Bertz CT molecular complexity index is 355. The van der Waals surface area contributed by atoms with Crippen LogP contribution in [0.3, 0.4) is 0 Å². The molecular formula is C15H28N4. The monoisotopic (exact) mass is 264 g/mol. The van der Waals surface area contributed by atoms with E-state index in [0.29, 0.717) is 0 Å². The van der Waals surface area contributed by atoms with Gasteiger partial charge in [-0.3, -0.25) is 4.68 Å². The van der Waals surface area contributed by atoms with Gasteiger partial charge in [0.25, 0.3) is 0 Å². The number of hydrogen-bond acceptors (Lipinski definition) is 3. The maximum atomic E-state index is 4.45. The van der Waals surface area contributed by atoms with E-state index in [1.807, 2.05) is 4.68 Å². The minimum atomic E-state index is 0.726. The Morgan fingerprint density at radius 2 is 2.16 bits per heavy atom. The summed E-state index contributed by atoms with van der Waals surface area (Å²) < 4.78 is 2.04. The summed E-state index contributed by atoms with van der Waals surface area (Å²) in [6.45, 7) is 7.55. The molecule has 0 amide bonds. The van der Waals surface area contributed by atoms with E-state index in [1.165, 1.54) is 32.1 Å². The number of hydrogen-bond donors (Lipinski definition) is 1. The van der Waals surface area contributed by atoms with Crippen molar-refractivity contribution in [3.63, 3.8) is 0 Å². The van der Waals surface area contributed by atoms with Crippen molar-refractivity contribution in [3.05, 3.63) is 12.2 Å². The average molecular weight is 264 g/mol. The molecule has 108 valence electrons. The number of nitrogens with zero attached hydrogens (tertiary/aromatic N) is 3. The molecule has 1 aliphatic rings. The lowest BCUT2D eigenvalue weighted by molar-refractivity contribution is 0.312. The van der Waals surface area contributed by atoms with Crippen molar-refractivity contribution < 1.29 is 0 Å². The summed E-state index contributed by atoms with van der Waals surface area (Å²) in [6, 6.07) is 0. The first-order valence-corrected chi connectivity index (χ1v) is 7.92. The van der Waals surface area contributed by atoms with Crippen LogP contribution < -0.4 is 5.32 Å². The van der Waals surface area contributed by atoms with Crippen LogP contribution in [-0.4, -0.2) is 27.9 Å². The smallest absolute Gasteiger partial charge is 0.138 e. The van der Waals surface area contributed by atoms with E-state index in [9.17, 15) is 0 Å². The van der Waals surface area contributed by atoms with E-state index in [1.54, 1.807) is 6.33 Å². The lowest BCUT2D eigenvalue weighted by Crippen LogP contribution is -2.30. The molecule has 0 aliphatic heterocycles. The van der Waals surface area contributed by atoms with Gasteiger partial charge in [-0.25, -0.2) is 4.98 Å². The van der Waals surface area contributed by atoms with Crippen LogP contribution in [0.4, 0.5) is 0 Å². The molecule has 0 bridgehead atoms. The Kier molecular flexibility index (Phi) is 5.83. The van der Waals surface area contributed by atoms with Gasteiger partial charge in [-0.05, 0) is 38.3 Å². The summed E-state index contributed by atoms with van der Waals surface area (Å²) in [4.78, 5) is 4.45. The Hall–Kier alpha value is -0.900. The van der Waals surface area contributed by atoms with Crippen LogP contribution in [0.15, 0.2) is 6.33 Å². The van der Waals surface area contributed by atoms with Crippen molar-refractivity contribution in [2.24, 2.45) is 11.8 Å². The zero-order chi connectivity index (χ0) is 13.5. The molecule has 1 unspecified atom stereocenters. The van der Waals surface area contributed by atoms with Crippen molar-refractivity contribution in [1.82, 2.24) is 20.1 Å². The first-order chi connectivity index (χ1) is 9.35. The third-order valence-corrected chi connectivity index (χ3v) is 4.34. The largest absolute Gasteiger partial charge is 0.316 e. The molecule has 19 heavy (non-hydrogen) atoms. The summed E-state index contributed by atoms with van der Waals surface area (Å²) in [5, 5.41) is 7.90. The van der Waals surface area contributed by atoms with Crippen LogP contribution in [0.25, 0.3) is 0 Å². The van der Waals surface area contributed by atoms with Crippen LogP contribution in [0, 0.1) is 11.8 Å². The minimum absolute atomic E-state index is 0.726. The fourth-order valence-electron chi connectivity index (χ4n) is 3.24. The van der Waals surface area contributed by atoms with Crippen LogP contribution >= 0.6 is 0 Å². The van der Waals surface area contributed by atoms with Crippen LogP contribution in [-0.2, 0) is 13.0 Å². The highest BCUT2D eigenvalue weighted by Crippen LogP contribution is 2.32. The highest BCUT2D eigenvalue weighted by atomic mass is 15.3. The Labute approximate surface area is 117 Å². The summed E-state index contributed by atoms with van der Waals surface area (Å²) in [5.41, 5.74) is 0. The number of aryl methyl sites for hydroxylation is 1. The molecule has 1 N–H and O–H groups in total. The summed E-state index contributed by atoms with van der Waals surface area (Å²) >= 11 is 0. The van der Waals surface area contributed by atoms with Gasteiger partial charge < -0.3 is 5.32 Å². The summed E-state index contributed by atoms with van der Waals surface area (Å²) in [7, 11) is 0. The predicted octanol–water partition coefficient (Wildman–Crippen LogP) is 2.65. The van der Waals surface area contributed by atoms with Crippen molar-refractivity contribution >= 4 is 0 Å². The van der Waals surface area contributed by atoms with E-state index in [0.717, 1.165) is 43.7 Å². The first-order valence-electron chi connectivity index (χ1n) is 7.92. The van der Waals surface area contributed by atoms with E-state index < -0.39 is 0 Å². The fourth-order valence-corrected chi connectivity index (χ4v) is 3.24. The fraction of sp³-hybridized carbons (Fsp3) is 0.867. The lowest BCUT2D eigenvalue weighted by atomic mass is 9.87. The zero-order valence-corrected chi connectivity index (χ0v) is 12.4. The molecule has 1 aromatic heterocycles. The summed E-state index contributed by atoms with van der Waals surface area (Å²) in [6.07, 6.45) is 9.62. The molecular weight excluding hydrogens is 236 g/mol. The quantitative estimate of drug-likeness (QED) is 0.734. The van der Waals surface area contributed by atoms with E-state index in [2.05, 4.69) is 29.2 Å². The normalized spacial score (nSPS) is 18.0. The summed E-state index contributed by atoms with van der Waals surface area (Å²) in [5.74, 6) is 2.77. The van der Waals surface area contributed by atoms with Gasteiger partial charge in [0, 0.05) is 13.0 Å². The third kappa shape index (κ3) is 4.03. The van der Waals surface area contributed by atoms with Gasteiger partial charge in [-0.15, -0.1) is 0 Å². The molecule has 0 spiro atoms. The topological polar surface area (TPSA) is 42.7 Å². The highest BCUT2D eigenvalue weighted by Gasteiger charge is 2.26. The molecule has 1 aromatic rings. The third-order valence-electron chi connectivity index (χ3n) is 4.34. The predicted molar refractivity (Wildman–Crippen MR) is 78.0 cm³/mol. The second-order valence-corrected chi connectivity index (χ2v) is 5.70. The maximum Gasteiger partial charge on any atom is 0.138 e. The van der Waals surface area contributed by atoms with Crippen LogP contribution in [0.2, 0.25) is 0 Å². The molecule has 4 nitrogen and oxygen atoms in total. The number of nitrogens with one attached hydrogen (secondary N) is 1. The molecule has 0 aromatic carbocycles. The van der Waals surface area contributed by atoms with Crippen LogP contribution in [0.1, 0.15) is 51.8 Å². The molecule has 1 atom stereocenters. The Balaban J connectivity index is 1.95. The number of aromatic nitrogens is 3. The highest BCUT2D eigenvalue weighted by molar-refractivity contribution is 4.91. The van der Waals surface area contributed by atoms with E-state index in [4.69, 9.17) is 0 Å². The molecule has 1 saturated carbocycles. The second-order valence-electron chi connectivity index (χ2n) is 5.70. The van der Waals surface area contributed by atoms with Crippen molar-refractivity contribution in [2.45, 2.75) is 58.9 Å². The molecule has 1 fully saturated rings. The maximum absolute atomic E-state index is 4.45. The van der Waals surface area contributed by atoms with E-state index in [-0.39, 0.29) is 0 Å². The SMILES string of the molecule is CCCNCC(Cc1ncnn1CC)C1CCCC1. The second kappa shape index (κ2) is 7.63. The molecule has 1 heterocycles. The molecule has 1 aliphatic carbocycles. The van der Waals surface area contributed by atoms with Crippen molar-refractivity contribution in [3.8, 4) is 0 Å². The molecule has 0 radical (unpaired) electrons. The first kappa shape index (κ1) is 14.5. The van der Waals surface area contributed by atoms with Crippen molar-refractivity contribution in [2.75, 3.05) is 13.1 Å². The van der Waals surface area contributed by atoms with Crippen LogP contribution in [0.5, 0.6) is 0 Å². The standard InChI is InChI=1S/C15H28N4/c1-3-9-16-11-14(13-7-5-6-8-13)10-15-17-12-18-19(15)4-2/h12-14,16H,3-11H2,1-2H3. The molecule has 0 saturated heterocycles. The Morgan fingerprint density at radius 3 is 2.84 bits per heavy atom. The Morgan fingerprint density at radius 1 is 1.37 bits per heavy atom. The van der Waals surface area contributed by atoms with E-state index >= 15 is 0 Å². The lowest BCUT2D eigenvalue weighted by Gasteiger charge is -2.23. The number of rotatable bonds is 8. The van der Waals surface area contributed by atoms with Gasteiger partial charge in [0.2, 0.25) is 0 Å². The molecule has 2 rings (SSSR count). The van der Waals surface area contributed by atoms with Gasteiger partial charge in [0.1, 0.15) is 12.2 Å². The van der Waals surface area contributed by atoms with Gasteiger partial charge in [-0.2, -0.15) is 5.10 Å². The molecule has 4 heteroatoms. The van der Waals surface area contributed by atoms with Crippen molar-refractivity contribution in [1.29, 1.82) is 0 Å². The zero-order valence-electron chi connectivity index (χ0n) is 12.4. The van der Waals surface area contributed by atoms with Gasteiger partial charge in [-0.1, -0.05) is 32.6 Å². The van der Waals surface area contributed by atoms with Gasteiger partial charge in [0.15, 0.2) is 0 Å².